The molecule has 23 heavy (non-hydrogen) atoms. The maximum absolute atomic E-state index is 12.5. The Balaban J connectivity index is 1.76. The zero-order chi connectivity index (χ0) is 16.6. The van der Waals surface area contributed by atoms with Crippen molar-refractivity contribution in [1.29, 1.82) is 0 Å². The van der Waals surface area contributed by atoms with E-state index >= 15 is 0 Å². The van der Waals surface area contributed by atoms with Gasteiger partial charge >= 0.3 is 5.76 Å². The van der Waals surface area contributed by atoms with Crippen LogP contribution in [0.3, 0.4) is 0 Å². The van der Waals surface area contributed by atoms with Crippen LogP contribution in [0.4, 0.5) is 0 Å². The molecule has 2 heterocycles. The first-order valence-electron chi connectivity index (χ1n) is 7.49. The van der Waals surface area contributed by atoms with Crippen molar-refractivity contribution in [2.75, 3.05) is 18.1 Å². The first-order valence-corrected chi connectivity index (χ1v) is 9.32. The molecule has 0 spiro atoms. The van der Waals surface area contributed by atoms with Gasteiger partial charge in [-0.3, -0.25) is 9.78 Å². The highest BCUT2D eigenvalue weighted by molar-refractivity contribution is 7.91. The van der Waals surface area contributed by atoms with Crippen molar-refractivity contribution in [1.82, 2.24) is 9.88 Å². The second kappa shape index (κ2) is 5.84. The minimum Gasteiger partial charge on any atom is -0.408 e. The molecule has 1 aromatic heterocycles. The summed E-state index contributed by atoms with van der Waals surface area (Å²) in [5.41, 5.74) is 1.74. The highest BCUT2D eigenvalue weighted by Gasteiger charge is 2.33. The van der Waals surface area contributed by atoms with E-state index in [0.717, 1.165) is 5.56 Å². The number of carbonyl (C=O) groups excluding carboxylic acids is 1. The van der Waals surface area contributed by atoms with Crippen molar-refractivity contribution in [2.45, 2.75) is 25.8 Å². The van der Waals surface area contributed by atoms with Crippen LogP contribution in [0.1, 0.15) is 18.9 Å². The summed E-state index contributed by atoms with van der Waals surface area (Å²) in [4.78, 5) is 27.9. The molecule has 1 unspecified atom stereocenters. The Kier molecular flexibility index (Phi) is 4.01. The van der Waals surface area contributed by atoms with Gasteiger partial charge in [0.2, 0.25) is 5.91 Å². The smallest absolute Gasteiger partial charge is 0.408 e. The van der Waals surface area contributed by atoms with Crippen LogP contribution in [0.2, 0.25) is 0 Å². The number of fused-ring (bicyclic) bond motifs is 1. The second-order valence-electron chi connectivity index (χ2n) is 5.76. The Morgan fingerprint density at radius 3 is 2.87 bits per heavy atom. The van der Waals surface area contributed by atoms with Gasteiger partial charge < -0.3 is 9.32 Å². The lowest BCUT2D eigenvalue weighted by molar-refractivity contribution is -0.132. The molecule has 124 valence electrons. The third-order valence-electron chi connectivity index (χ3n) is 4.15. The van der Waals surface area contributed by atoms with E-state index in [-0.39, 0.29) is 29.9 Å². The van der Waals surface area contributed by atoms with E-state index in [1.165, 1.54) is 0 Å². The molecule has 1 amide bonds. The molecule has 1 fully saturated rings. The van der Waals surface area contributed by atoms with Crippen molar-refractivity contribution in [2.24, 2.45) is 0 Å². The molecule has 0 bridgehead atoms. The van der Waals surface area contributed by atoms with Gasteiger partial charge in [0.25, 0.3) is 0 Å². The molecule has 1 aliphatic heterocycles. The van der Waals surface area contributed by atoms with Gasteiger partial charge in [-0.05, 0) is 31.0 Å². The van der Waals surface area contributed by atoms with Crippen LogP contribution in [0.25, 0.3) is 11.1 Å². The van der Waals surface area contributed by atoms with Crippen LogP contribution in [-0.4, -0.2) is 48.3 Å². The van der Waals surface area contributed by atoms with Crippen LogP contribution < -0.4 is 5.76 Å². The fourth-order valence-corrected chi connectivity index (χ4v) is 4.78. The van der Waals surface area contributed by atoms with Gasteiger partial charge in [-0.1, -0.05) is 6.07 Å². The van der Waals surface area contributed by atoms with E-state index in [1.54, 1.807) is 23.1 Å². The number of sulfone groups is 1. The number of likely N-dealkylation sites (N-methyl/N-ethyl adjacent to an activating group) is 1. The lowest BCUT2D eigenvalue weighted by atomic mass is 10.1. The molecular weight excluding hydrogens is 320 g/mol. The second-order valence-corrected chi connectivity index (χ2v) is 7.99. The first kappa shape index (κ1) is 15.8. The minimum absolute atomic E-state index is 0.0423. The molecule has 1 N–H and O–H groups in total. The van der Waals surface area contributed by atoms with Gasteiger partial charge in [0.05, 0.1) is 23.4 Å². The number of aromatic amines is 1. The Bertz CT molecular complexity index is 896. The number of benzene rings is 1. The number of nitrogens with one attached hydrogen (secondary N) is 1. The third-order valence-corrected chi connectivity index (χ3v) is 5.90. The number of nitrogens with zero attached hydrogens (tertiary/aromatic N) is 1. The van der Waals surface area contributed by atoms with Crippen molar-refractivity contribution >= 4 is 26.8 Å². The molecule has 0 saturated carbocycles. The summed E-state index contributed by atoms with van der Waals surface area (Å²) in [6.07, 6.45) is 0.656. The highest BCUT2D eigenvalue weighted by Crippen LogP contribution is 2.19. The van der Waals surface area contributed by atoms with Crippen LogP contribution in [-0.2, 0) is 21.1 Å². The number of oxazole rings is 1. The van der Waals surface area contributed by atoms with Gasteiger partial charge in [-0.15, -0.1) is 0 Å². The van der Waals surface area contributed by atoms with Crippen LogP contribution in [0.15, 0.2) is 27.4 Å². The maximum Gasteiger partial charge on any atom is 0.417 e. The number of H-pyrrole nitrogens is 1. The minimum atomic E-state index is -3.03. The monoisotopic (exact) mass is 338 g/mol. The van der Waals surface area contributed by atoms with Crippen LogP contribution in [0, 0.1) is 0 Å². The topological polar surface area (TPSA) is 100 Å². The maximum atomic E-state index is 12.5. The molecule has 1 saturated heterocycles. The summed E-state index contributed by atoms with van der Waals surface area (Å²) in [7, 11) is -3.03. The lowest BCUT2D eigenvalue weighted by Gasteiger charge is -2.27. The lowest BCUT2D eigenvalue weighted by Crippen LogP contribution is -2.41. The molecule has 1 aliphatic rings. The molecule has 1 atom stereocenters. The fraction of sp³-hybridized carbons (Fsp3) is 0.467. The van der Waals surface area contributed by atoms with Gasteiger partial charge in [0, 0.05) is 12.6 Å². The summed E-state index contributed by atoms with van der Waals surface area (Å²) in [6, 6.07) is 4.84. The number of hydrogen-bond acceptors (Lipinski definition) is 5. The fourth-order valence-electron chi connectivity index (χ4n) is 3.04. The molecule has 3 rings (SSSR count). The van der Waals surface area contributed by atoms with Crippen molar-refractivity contribution in [3.8, 4) is 0 Å². The number of carbonyl (C=O) groups is 1. The summed E-state index contributed by atoms with van der Waals surface area (Å²) in [5.74, 6) is -0.459. The summed E-state index contributed by atoms with van der Waals surface area (Å²) in [6.45, 7) is 2.32. The average molecular weight is 338 g/mol. The Morgan fingerprint density at radius 2 is 2.22 bits per heavy atom. The van der Waals surface area contributed by atoms with Crippen LogP contribution in [0.5, 0.6) is 0 Å². The zero-order valence-corrected chi connectivity index (χ0v) is 13.6. The van der Waals surface area contributed by atoms with E-state index < -0.39 is 15.6 Å². The van der Waals surface area contributed by atoms with Gasteiger partial charge in [-0.2, -0.15) is 0 Å². The highest BCUT2D eigenvalue weighted by atomic mass is 32.2. The number of hydrogen-bond donors (Lipinski definition) is 1. The average Bonchev–Trinajstić information content (AvgIpc) is 3.00. The predicted molar refractivity (Wildman–Crippen MR) is 85.0 cm³/mol. The zero-order valence-electron chi connectivity index (χ0n) is 12.7. The van der Waals surface area contributed by atoms with Crippen LogP contribution >= 0.6 is 0 Å². The molecule has 7 nitrogen and oxygen atoms in total. The number of aromatic nitrogens is 1. The van der Waals surface area contributed by atoms with Crippen molar-refractivity contribution in [3.05, 3.63) is 34.3 Å². The summed E-state index contributed by atoms with van der Waals surface area (Å²) in [5, 5.41) is 0. The normalized spacial score (nSPS) is 20.0. The largest absolute Gasteiger partial charge is 0.417 e. The molecule has 0 radical (unpaired) electrons. The quantitative estimate of drug-likeness (QED) is 0.884. The van der Waals surface area contributed by atoms with Gasteiger partial charge in [-0.25, -0.2) is 13.2 Å². The van der Waals surface area contributed by atoms with Crippen molar-refractivity contribution in [3.63, 3.8) is 0 Å². The Hall–Kier alpha value is -2.09. The molecule has 1 aromatic carbocycles. The molecule has 2 aromatic rings. The summed E-state index contributed by atoms with van der Waals surface area (Å²) >= 11 is 0. The SMILES string of the molecule is CCN(C(=O)Cc1ccc2oc(=O)[nH]c2c1)C1CCS(=O)(=O)C1. The molecule has 0 aliphatic carbocycles. The molecular formula is C15H18N2O5S. The van der Waals surface area contributed by atoms with E-state index in [1.807, 2.05) is 6.92 Å². The van der Waals surface area contributed by atoms with Gasteiger partial charge in [0.15, 0.2) is 15.4 Å². The number of amides is 1. The van der Waals surface area contributed by atoms with E-state index in [2.05, 4.69) is 4.98 Å². The van der Waals surface area contributed by atoms with E-state index in [4.69, 9.17) is 4.42 Å². The van der Waals surface area contributed by atoms with Crippen molar-refractivity contribution < 1.29 is 17.6 Å². The van der Waals surface area contributed by atoms with E-state index in [9.17, 15) is 18.0 Å². The number of rotatable bonds is 4. The molecule has 8 heteroatoms. The third kappa shape index (κ3) is 3.31. The van der Waals surface area contributed by atoms with E-state index in [0.29, 0.717) is 24.1 Å². The summed E-state index contributed by atoms with van der Waals surface area (Å²) < 4.78 is 28.1. The standard InChI is InChI=1S/C15H18N2O5S/c1-2-17(11-5-6-23(20,21)9-11)14(18)8-10-3-4-13-12(7-10)16-15(19)22-13/h3-4,7,11H,2,5-6,8-9H2,1H3,(H,16,19). The predicted octanol–water partition coefficient (Wildman–Crippen LogP) is 0.699. The van der Waals surface area contributed by atoms with Gasteiger partial charge in [0.1, 0.15) is 0 Å². The first-order chi connectivity index (χ1) is 10.9. The Labute approximate surface area is 133 Å². The Morgan fingerprint density at radius 1 is 1.43 bits per heavy atom.